The summed E-state index contributed by atoms with van der Waals surface area (Å²) in [5.41, 5.74) is 0.352. The third-order valence-corrected chi connectivity index (χ3v) is 7.80. The van der Waals surface area contributed by atoms with E-state index in [4.69, 9.17) is 11.6 Å². The van der Waals surface area contributed by atoms with E-state index in [0.717, 1.165) is 31.8 Å². The molecule has 0 aromatic heterocycles. The van der Waals surface area contributed by atoms with Crippen molar-refractivity contribution in [3.05, 3.63) is 29.0 Å². The molecule has 3 saturated heterocycles. The van der Waals surface area contributed by atoms with Crippen molar-refractivity contribution >= 4 is 29.1 Å². The topological polar surface area (TPSA) is 43.9 Å². The lowest BCUT2D eigenvalue weighted by molar-refractivity contribution is -0.123. The molecule has 0 N–H and O–H groups in total. The van der Waals surface area contributed by atoms with Gasteiger partial charge in [-0.3, -0.25) is 14.5 Å². The van der Waals surface area contributed by atoms with E-state index in [1.165, 1.54) is 68.4 Å². The zero-order valence-corrected chi connectivity index (χ0v) is 19.1. The van der Waals surface area contributed by atoms with Crippen molar-refractivity contribution in [2.45, 2.75) is 57.9 Å². The lowest BCUT2D eigenvalue weighted by atomic mass is 9.91. The second kappa shape index (κ2) is 9.97. The first-order valence-corrected chi connectivity index (χ1v) is 12.1. The number of hydrogen-bond acceptors (Lipinski definition) is 4. The molecule has 0 spiro atoms. The molecule has 3 aliphatic rings. The van der Waals surface area contributed by atoms with Gasteiger partial charge in [0.15, 0.2) is 0 Å². The number of benzene rings is 1. The number of nitrogens with zero attached hydrogens (tertiary/aromatic N) is 3. The lowest BCUT2D eigenvalue weighted by Crippen LogP contribution is -2.46. The quantitative estimate of drug-likeness (QED) is 0.606. The first-order chi connectivity index (χ1) is 15.0. The summed E-state index contributed by atoms with van der Waals surface area (Å²) >= 11 is 5.85. The van der Waals surface area contributed by atoms with Crippen molar-refractivity contribution in [3.8, 4) is 0 Å². The highest BCUT2D eigenvalue weighted by atomic mass is 35.5. The van der Waals surface area contributed by atoms with Gasteiger partial charge in [-0.2, -0.15) is 0 Å². The Bertz CT molecular complexity index is 804. The molecule has 0 saturated carbocycles. The first-order valence-electron chi connectivity index (χ1n) is 11.7. The van der Waals surface area contributed by atoms with Crippen LogP contribution in [0.25, 0.3) is 0 Å². The van der Waals surface area contributed by atoms with Gasteiger partial charge < -0.3 is 4.90 Å². The Balaban J connectivity index is 1.26. The second-order valence-electron chi connectivity index (χ2n) is 9.35. The first kappa shape index (κ1) is 22.7. The van der Waals surface area contributed by atoms with E-state index < -0.39 is 11.9 Å². The van der Waals surface area contributed by atoms with Crippen molar-refractivity contribution in [1.29, 1.82) is 0 Å². The molecule has 0 radical (unpaired) electrons. The van der Waals surface area contributed by atoms with E-state index in [0.29, 0.717) is 11.6 Å². The Morgan fingerprint density at radius 1 is 1.03 bits per heavy atom. The zero-order valence-electron chi connectivity index (χ0n) is 18.4. The van der Waals surface area contributed by atoms with Crippen LogP contribution in [-0.4, -0.2) is 60.4 Å². The third kappa shape index (κ3) is 5.12. The molecule has 0 unspecified atom stereocenters. The normalized spacial score (nSPS) is 25.0. The molecule has 1 aromatic rings. The fourth-order valence-corrected chi connectivity index (χ4v) is 5.51. The van der Waals surface area contributed by atoms with Crippen LogP contribution in [0.15, 0.2) is 18.2 Å². The van der Waals surface area contributed by atoms with Gasteiger partial charge in [0.2, 0.25) is 5.91 Å². The van der Waals surface area contributed by atoms with Gasteiger partial charge in [-0.15, -0.1) is 0 Å². The average Bonchev–Trinajstić information content (AvgIpc) is 3.09. The summed E-state index contributed by atoms with van der Waals surface area (Å²) in [6, 6.07) is 3.58. The summed E-state index contributed by atoms with van der Waals surface area (Å²) in [4.78, 5) is 31.5. The predicted octanol–water partition coefficient (Wildman–Crippen LogP) is 4.34. The van der Waals surface area contributed by atoms with Crippen LogP contribution in [0.5, 0.6) is 0 Å². The summed E-state index contributed by atoms with van der Waals surface area (Å²) in [7, 11) is 0. The molecule has 7 heteroatoms. The highest BCUT2D eigenvalue weighted by Crippen LogP contribution is 2.31. The number of imide groups is 1. The highest BCUT2D eigenvalue weighted by molar-refractivity contribution is 6.31. The zero-order chi connectivity index (χ0) is 22.0. The molecule has 1 aromatic carbocycles. The smallest absolute Gasteiger partial charge is 0.251 e. The molecular weight excluding hydrogens is 417 g/mol. The molecule has 3 fully saturated rings. The summed E-state index contributed by atoms with van der Waals surface area (Å²) in [6.45, 7) is 7.65. The maximum Gasteiger partial charge on any atom is 0.251 e. The molecule has 4 rings (SSSR count). The third-order valence-electron chi connectivity index (χ3n) is 7.51. The number of rotatable bonds is 6. The number of carbonyl (C=O) groups excluding carboxylic acids is 2. The van der Waals surface area contributed by atoms with Gasteiger partial charge in [0.25, 0.3) is 5.91 Å². The van der Waals surface area contributed by atoms with E-state index in [9.17, 15) is 14.0 Å². The summed E-state index contributed by atoms with van der Waals surface area (Å²) in [5, 5.41) is -0.0821. The summed E-state index contributed by atoms with van der Waals surface area (Å²) in [5.74, 6) is 0.592. The van der Waals surface area contributed by atoms with E-state index in [1.807, 2.05) is 0 Å². The van der Waals surface area contributed by atoms with E-state index in [2.05, 4.69) is 16.7 Å². The van der Waals surface area contributed by atoms with Gasteiger partial charge in [0.1, 0.15) is 5.82 Å². The molecular formula is C24H33ClFN3O2. The predicted molar refractivity (Wildman–Crippen MR) is 121 cm³/mol. The van der Waals surface area contributed by atoms with Gasteiger partial charge in [0, 0.05) is 0 Å². The minimum atomic E-state index is -0.558. The molecule has 3 heterocycles. The summed E-state index contributed by atoms with van der Waals surface area (Å²) < 4.78 is 13.5. The largest absolute Gasteiger partial charge is 0.303 e. The van der Waals surface area contributed by atoms with Crippen LogP contribution in [0.2, 0.25) is 5.02 Å². The maximum absolute atomic E-state index is 13.5. The lowest BCUT2D eigenvalue weighted by Gasteiger charge is -2.36. The number of halogens is 2. The monoisotopic (exact) mass is 449 g/mol. The van der Waals surface area contributed by atoms with Crippen molar-refractivity contribution in [2.24, 2.45) is 11.8 Å². The van der Waals surface area contributed by atoms with Gasteiger partial charge in [0.05, 0.1) is 23.2 Å². The van der Waals surface area contributed by atoms with Crippen molar-refractivity contribution in [1.82, 2.24) is 9.80 Å². The van der Waals surface area contributed by atoms with Gasteiger partial charge in [-0.1, -0.05) is 24.9 Å². The van der Waals surface area contributed by atoms with Crippen LogP contribution in [0.1, 0.15) is 51.9 Å². The average molecular weight is 450 g/mol. The Hall–Kier alpha value is -1.50. The van der Waals surface area contributed by atoms with Gasteiger partial charge >= 0.3 is 0 Å². The molecule has 1 atom stereocenters. The molecule has 5 nitrogen and oxygen atoms in total. The number of carbonyl (C=O) groups is 2. The van der Waals surface area contributed by atoms with Crippen molar-refractivity contribution in [2.75, 3.05) is 37.6 Å². The molecule has 170 valence electrons. The Morgan fingerprint density at radius 3 is 2.35 bits per heavy atom. The number of hydrogen-bond donors (Lipinski definition) is 0. The second-order valence-corrected chi connectivity index (χ2v) is 9.75. The van der Waals surface area contributed by atoms with E-state index in [-0.39, 0.29) is 23.3 Å². The minimum absolute atomic E-state index is 0.0821. The van der Waals surface area contributed by atoms with Gasteiger partial charge in [-0.25, -0.2) is 9.29 Å². The highest BCUT2D eigenvalue weighted by Gasteiger charge is 2.43. The van der Waals surface area contributed by atoms with Crippen LogP contribution in [0, 0.1) is 17.7 Å². The Labute approximate surface area is 189 Å². The Morgan fingerprint density at radius 2 is 1.71 bits per heavy atom. The number of amides is 2. The standard InChI is InChI=1S/C24H33ClFN3O2/c1-2-17-5-10-27(11-6-17)12-7-18-8-13-28(14-9-18)22-16-23(30)29(24(22)31)19-3-4-21(26)20(25)15-19/h3-4,15,17-18,22H,2,5-14,16H2,1H3/t22-/m1/s1. The molecule has 2 amide bonds. The molecule has 31 heavy (non-hydrogen) atoms. The van der Waals surface area contributed by atoms with Crippen LogP contribution in [-0.2, 0) is 9.59 Å². The van der Waals surface area contributed by atoms with Crippen molar-refractivity contribution < 1.29 is 14.0 Å². The Kier molecular flexibility index (Phi) is 7.29. The molecule has 0 bridgehead atoms. The van der Waals surface area contributed by atoms with Crippen molar-refractivity contribution in [3.63, 3.8) is 0 Å². The number of likely N-dealkylation sites (tertiary alicyclic amines) is 2. The minimum Gasteiger partial charge on any atom is -0.303 e. The molecule has 0 aliphatic carbocycles. The van der Waals surface area contributed by atoms with Crippen LogP contribution >= 0.6 is 11.6 Å². The van der Waals surface area contributed by atoms with Crippen LogP contribution < -0.4 is 4.90 Å². The number of anilines is 1. The molecule has 3 aliphatic heterocycles. The fraction of sp³-hybridized carbons (Fsp3) is 0.667. The van der Waals surface area contributed by atoms with E-state index in [1.54, 1.807) is 0 Å². The van der Waals surface area contributed by atoms with Crippen LogP contribution in [0.4, 0.5) is 10.1 Å². The SMILES string of the molecule is CCC1CCN(CCC2CCN([C@@H]3CC(=O)N(c4ccc(F)c(Cl)c4)C3=O)CC2)CC1. The maximum atomic E-state index is 13.5. The van der Waals surface area contributed by atoms with Gasteiger partial charge in [-0.05, 0) is 94.9 Å². The fourth-order valence-electron chi connectivity index (χ4n) is 5.33. The van der Waals surface area contributed by atoms with Crippen LogP contribution in [0.3, 0.4) is 0 Å². The van der Waals surface area contributed by atoms with E-state index >= 15 is 0 Å². The summed E-state index contributed by atoms with van der Waals surface area (Å²) in [6.07, 6.45) is 7.54. The number of piperidine rings is 2.